The Labute approximate surface area is 219 Å². The molecule has 0 radical (unpaired) electrons. The maximum Gasteiger partial charge on any atom is 0.253 e. The van der Waals surface area contributed by atoms with E-state index in [9.17, 15) is 0 Å². The highest BCUT2D eigenvalue weighted by atomic mass is 32.1. The summed E-state index contributed by atoms with van der Waals surface area (Å²) < 4.78 is 22.2. The zero-order chi connectivity index (χ0) is 25.4. The van der Waals surface area contributed by atoms with Gasteiger partial charge in [0.1, 0.15) is 12.2 Å². The van der Waals surface area contributed by atoms with Crippen LogP contribution in [0.1, 0.15) is 123 Å². The lowest BCUT2D eigenvalue weighted by Crippen LogP contribution is -2.54. The molecule has 1 aliphatic rings. The van der Waals surface area contributed by atoms with Crippen molar-refractivity contribution in [2.45, 2.75) is 123 Å². The first-order valence-corrected chi connectivity index (χ1v) is 15.1. The molecule has 35 heavy (non-hydrogen) atoms. The van der Waals surface area contributed by atoms with E-state index in [4.69, 9.17) is 9.47 Å². The van der Waals surface area contributed by atoms with Crippen molar-refractivity contribution in [1.82, 2.24) is 8.75 Å². The zero-order valence-corrected chi connectivity index (χ0v) is 24.0. The summed E-state index contributed by atoms with van der Waals surface area (Å²) >= 11 is 1.25. The number of quaternary nitrogens is 1. The second kappa shape index (κ2) is 17.1. The van der Waals surface area contributed by atoms with E-state index < -0.39 is 0 Å². The number of unbranched alkanes of at least 4 members (excludes halogenated alkanes) is 11. The molecule has 2 atom stereocenters. The quantitative estimate of drug-likeness (QED) is 0.101. The summed E-state index contributed by atoms with van der Waals surface area (Å²) in [6.07, 6.45) is 21.2. The number of likely N-dealkylation sites (N-methyl/N-ethyl adjacent to an activating group) is 1. The molecular formula is C29H52N3O2S+. The molecule has 0 fully saturated rings. The summed E-state index contributed by atoms with van der Waals surface area (Å²) in [5.74, 6) is 1.64. The average molecular weight is 507 g/mol. The lowest BCUT2D eigenvalue weighted by Gasteiger charge is -2.42. The van der Waals surface area contributed by atoms with E-state index in [0.717, 1.165) is 54.9 Å². The topological polar surface area (TPSA) is 44.2 Å². The molecule has 1 aliphatic heterocycles. The molecule has 1 aromatic heterocycles. The maximum atomic E-state index is 6.35. The molecule has 2 rings (SSSR count). The van der Waals surface area contributed by atoms with Crippen molar-refractivity contribution in [1.29, 1.82) is 0 Å². The Balaban J connectivity index is 1.73. The molecule has 1 aromatic rings. The van der Waals surface area contributed by atoms with Crippen LogP contribution in [0.25, 0.3) is 5.57 Å². The van der Waals surface area contributed by atoms with Crippen LogP contribution >= 0.6 is 11.7 Å². The van der Waals surface area contributed by atoms with Gasteiger partial charge < -0.3 is 9.47 Å². The number of nitrogens with zero attached hydrogens (tertiary/aromatic N) is 3. The number of hydrogen-bond donors (Lipinski definition) is 0. The molecule has 6 heteroatoms. The standard InChI is InChI=1S/C29H52N3O2S/c1-6-8-10-12-13-14-15-16-17-20-25(3)34-26(4)32(5)22-19-21-27(24-32)28-29(31-35-30-28)33-23-18-11-9-7-2/h21,26H,3,6-20,22-24H2,1-2,4-5H3/q+1. The van der Waals surface area contributed by atoms with Crippen molar-refractivity contribution in [2.75, 3.05) is 26.7 Å². The van der Waals surface area contributed by atoms with Crippen molar-refractivity contribution in [2.24, 2.45) is 0 Å². The third kappa shape index (κ3) is 11.0. The molecule has 0 spiro atoms. The van der Waals surface area contributed by atoms with Gasteiger partial charge in [0.2, 0.25) is 6.23 Å². The predicted octanol–water partition coefficient (Wildman–Crippen LogP) is 8.53. The molecule has 0 saturated heterocycles. The third-order valence-corrected chi connectivity index (χ3v) is 7.85. The van der Waals surface area contributed by atoms with Gasteiger partial charge in [-0.1, -0.05) is 97.1 Å². The minimum absolute atomic E-state index is 0.0646. The van der Waals surface area contributed by atoms with E-state index in [-0.39, 0.29) is 6.23 Å². The maximum absolute atomic E-state index is 6.35. The molecule has 0 aromatic carbocycles. The van der Waals surface area contributed by atoms with Crippen LogP contribution in [0.5, 0.6) is 5.88 Å². The van der Waals surface area contributed by atoms with Crippen LogP contribution in [0, 0.1) is 0 Å². The van der Waals surface area contributed by atoms with Crippen molar-refractivity contribution in [3.63, 3.8) is 0 Å². The van der Waals surface area contributed by atoms with E-state index in [2.05, 4.69) is 49.2 Å². The van der Waals surface area contributed by atoms with E-state index in [0.29, 0.717) is 5.88 Å². The van der Waals surface area contributed by atoms with E-state index >= 15 is 0 Å². The van der Waals surface area contributed by atoms with Gasteiger partial charge in [0.05, 0.1) is 37.7 Å². The Morgan fingerprint density at radius 1 is 0.971 bits per heavy atom. The Hall–Kier alpha value is -1.40. The first-order valence-electron chi connectivity index (χ1n) is 14.3. The molecule has 0 amide bonds. The Morgan fingerprint density at radius 3 is 2.29 bits per heavy atom. The van der Waals surface area contributed by atoms with Gasteiger partial charge in [-0.2, -0.15) is 4.37 Å². The normalized spacial score (nSPS) is 18.8. The van der Waals surface area contributed by atoms with Gasteiger partial charge in [-0.3, -0.25) is 4.48 Å². The van der Waals surface area contributed by atoms with Crippen LogP contribution in [0.3, 0.4) is 0 Å². The third-order valence-electron chi connectivity index (χ3n) is 7.34. The van der Waals surface area contributed by atoms with Crippen LogP contribution < -0.4 is 4.74 Å². The number of rotatable bonds is 20. The van der Waals surface area contributed by atoms with E-state index in [1.807, 2.05) is 0 Å². The molecule has 2 unspecified atom stereocenters. The fourth-order valence-corrected chi connectivity index (χ4v) is 5.31. The molecule has 0 N–H and O–H groups in total. The predicted molar refractivity (Wildman–Crippen MR) is 150 cm³/mol. The summed E-state index contributed by atoms with van der Waals surface area (Å²) in [7, 11) is 2.29. The highest BCUT2D eigenvalue weighted by Crippen LogP contribution is 2.32. The van der Waals surface area contributed by atoms with Gasteiger partial charge in [-0.15, -0.1) is 4.37 Å². The Bertz CT molecular complexity index is 748. The second-order valence-corrected chi connectivity index (χ2v) is 11.1. The van der Waals surface area contributed by atoms with E-state index in [1.54, 1.807) is 0 Å². The van der Waals surface area contributed by atoms with Crippen LogP contribution in [0.15, 0.2) is 18.4 Å². The minimum atomic E-state index is 0.0646. The summed E-state index contributed by atoms with van der Waals surface area (Å²) in [6, 6.07) is 0. The van der Waals surface area contributed by atoms with Gasteiger partial charge in [0, 0.05) is 25.3 Å². The highest BCUT2D eigenvalue weighted by Gasteiger charge is 2.36. The van der Waals surface area contributed by atoms with Crippen molar-refractivity contribution < 1.29 is 14.0 Å². The lowest BCUT2D eigenvalue weighted by atomic mass is 10.0. The molecule has 2 heterocycles. The second-order valence-electron chi connectivity index (χ2n) is 10.5. The molecule has 0 aliphatic carbocycles. The number of hydrogen-bond acceptors (Lipinski definition) is 5. The summed E-state index contributed by atoms with van der Waals surface area (Å²) in [5, 5.41) is 0. The van der Waals surface area contributed by atoms with Gasteiger partial charge >= 0.3 is 0 Å². The summed E-state index contributed by atoms with van der Waals surface area (Å²) in [5.41, 5.74) is 2.16. The number of allylic oxidation sites excluding steroid dienone is 1. The van der Waals surface area contributed by atoms with Crippen LogP contribution in [0.2, 0.25) is 0 Å². The monoisotopic (exact) mass is 506 g/mol. The summed E-state index contributed by atoms with van der Waals surface area (Å²) in [4.78, 5) is 0. The van der Waals surface area contributed by atoms with Gasteiger partial charge in [0.25, 0.3) is 5.88 Å². The average Bonchev–Trinajstić information content (AvgIpc) is 3.31. The molecule has 5 nitrogen and oxygen atoms in total. The van der Waals surface area contributed by atoms with Crippen LogP contribution in [0.4, 0.5) is 0 Å². The van der Waals surface area contributed by atoms with Gasteiger partial charge in [0.15, 0.2) is 0 Å². The number of ether oxygens (including phenoxy) is 2. The Kier molecular flexibility index (Phi) is 14.6. The fraction of sp³-hybridized carbons (Fsp3) is 0.793. The smallest absolute Gasteiger partial charge is 0.253 e. The lowest BCUT2D eigenvalue weighted by molar-refractivity contribution is -0.946. The van der Waals surface area contributed by atoms with Crippen LogP contribution in [-0.4, -0.2) is 46.2 Å². The van der Waals surface area contributed by atoms with Crippen molar-refractivity contribution in [3.05, 3.63) is 24.1 Å². The Morgan fingerprint density at radius 2 is 1.60 bits per heavy atom. The first-order chi connectivity index (χ1) is 17.0. The van der Waals surface area contributed by atoms with Gasteiger partial charge in [-0.05, 0) is 12.8 Å². The van der Waals surface area contributed by atoms with Crippen molar-refractivity contribution in [3.8, 4) is 5.88 Å². The molecule has 0 bridgehead atoms. The fourth-order valence-electron chi connectivity index (χ4n) is 4.78. The largest absolute Gasteiger partial charge is 0.475 e. The number of aromatic nitrogens is 2. The zero-order valence-electron chi connectivity index (χ0n) is 23.2. The summed E-state index contributed by atoms with van der Waals surface area (Å²) in [6.45, 7) is 13.6. The van der Waals surface area contributed by atoms with E-state index in [1.165, 1.54) is 94.4 Å². The van der Waals surface area contributed by atoms with Crippen LogP contribution in [-0.2, 0) is 4.74 Å². The molecule has 0 saturated carbocycles. The first kappa shape index (κ1) is 29.8. The van der Waals surface area contributed by atoms with Crippen molar-refractivity contribution >= 4 is 17.3 Å². The molecule has 200 valence electrons. The SMILES string of the molecule is C=C(CCCCCCCCCCC)OC(C)[N+]1(C)CCC=C(c2nsnc2OCCCCCC)C1. The molecular weight excluding hydrogens is 454 g/mol. The minimum Gasteiger partial charge on any atom is -0.475 e. The van der Waals surface area contributed by atoms with Gasteiger partial charge in [-0.25, -0.2) is 0 Å². The highest BCUT2D eigenvalue weighted by molar-refractivity contribution is 6.99.